The summed E-state index contributed by atoms with van der Waals surface area (Å²) in [6.07, 6.45) is 0. The Bertz CT molecular complexity index is 850. The van der Waals surface area contributed by atoms with Gasteiger partial charge in [0.15, 0.2) is 0 Å². The van der Waals surface area contributed by atoms with Crippen LogP contribution < -0.4 is 5.32 Å². The first-order valence-corrected chi connectivity index (χ1v) is 8.28. The first kappa shape index (κ1) is 15.9. The second-order valence-electron chi connectivity index (χ2n) is 5.19. The molecule has 0 radical (unpaired) electrons. The summed E-state index contributed by atoms with van der Waals surface area (Å²) in [5, 5.41) is 12.7. The highest BCUT2D eigenvalue weighted by Crippen LogP contribution is 2.29. The lowest BCUT2D eigenvalue weighted by Gasteiger charge is -2.11. The van der Waals surface area contributed by atoms with E-state index in [9.17, 15) is 4.79 Å². The monoisotopic (exact) mass is 418 g/mol. The highest BCUT2D eigenvalue weighted by Gasteiger charge is 2.09. The molecule has 2 aromatic carbocycles. The zero-order valence-corrected chi connectivity index (χ0v) is 14.4. The minimum atomic E-state index is -0.872. The maximum absolute atomic E-state index is 10.6. The van der Waals surface area contributed by atoms with Crippen molar-refractivity contribution in [3.63, 3.8) is 0 Å². The molecular weight excluding hydrogens is 403 g/mol. The fourth-order valence-electron chi connectivity index (χ4n) is 2.50. The summed E-state index contributed by atoms with van der Waals surface area (Å²) in [5.41, 5.74) is 3.99. The van der Waals surface area contributed by atoms with Crippen LogP contribution in [0.2, 0.25) is 0 Å². The van der Waals surface area contributed by atoms with Crippen LogP contribution >= 0.6 is 22.6 Å². The molecular formula is C18H15IN2O2. The predicted molar refractivity (Wildman–Crippen MR) is 99.2 cm³/mol. The van der Waals surface area contributed by atoms with Crippen LogP contribution in [0.3, 0.4) is 0 Å². The van der Waals surface area contributed by atoms with Crippen molar-refractivity contribution < 1.29 is 9.90 Å². The summed E-state index contributed by atoms with van der Waals surface area (Å²) in [5.74, 6) is -0.872. The number of nitrogens with zero attached hydrogens (tertiary/aromatic N) is 1. The number of carboxylic acids is 1. The van der Waals surface area contributed by atoms with Crippen molar-refractivity contribution in [3.8, 4) is 11.1 Å². The van der Waals surface area contributed by atoms with Crippen molar-refractivity contribution in [1.29, 1.82) is 0 Å². The molecule has 116 valence electrons. The van der Waals surface area contributed by atoms with Crippen molar-refractivity contribution in [2.75, 3.05) is 6.54 Å². The molecule has 0 unspecified atom stereocenters. The molecule has 0 saturated heterocycles. The summed E-state index contributed by atoms with van der Waals surface area (Å²) in [4.78, 5) is 15.3. The molecule has 0 spiro atoms. The summed E-state index contributed by atoms with van der Waals surface area (Å²) >= 11 is 2.30. The molecule has 3 aromatic rings. The van der Waals surface area contributed by atoms with Gasteiger partial charge in [0.05, 0.1) is 17.8 Å². The van der Waals surface area contributed by atoms with Crippen LogP contribution in [0.4, 0.5) is 0 Å². The Labute approximate surface area is 147 Å². The van der Waals surface area contributed by atoms with Crippen LogP contribution in [0.1, 0.15) is 5.69 Å². The quantitative estimate of drug-likeness (QED) is 0.621. The van der Waals surface area contributed by atoms with Crippen molar-refractivity contribution in [1.82, 2.24) is 10.3 Å². The number of carbonyl (C=O) groups is 1. The first-order valence-electron chi connectivity index (χ1n) is 7.20. The molecule has 0 bridgehead atoms. The second-order valence-corrected chi connectivity index (χ2v) is 6.43. The number of benzene rings is 2. The molecule has 0 amide bonds. The molecule has 4 nitrogen and oxygen atoms in total. The number of fused-ring (bicyclic) bond motifs is 1. The van der Waals surface area contributed by atoms with E-state index in [4.69, 9.17) is 5.11 Å². The molecule has 0 aliphatic carbocycles. The Balaban J connectivity index is 2.07. The van der Waals surface area contributed by atoms with Gasteiger partial charge in [-0.05, 0) is 58.0 Å². The number of aliphatic carboxylic acids is 1. The highest BCUT2D eigenvalue weighted by molar-refractivity contribution is 14.1. The minimum absolute atomic E-state index is 0.0763. The summed E-state index contributed by atoms with van der Waals surface area (Å²) in [7, 11) is 0. The summed E-state index contributed by atoms with van der Waals surface area (Å²) in [6.45, 7) is 0.348. The Morgan fingerprint density at radius 2 is 1.91 bits per heavy atom. The number of hydrogen-bond acceptors (Lipinski definition) is 3. The van der Waals surface area contributed by atoms with Gasteiger partial charge >= 0.3 is 5.97 Å². The lowest BCUT2D eigenvalue weighted by Crippen LogP contribution is -2.22. The van der Waals surface area contributed by atoms with Gasteiger partial charge in [0.1, 0.15) is 0 Å². The van der Waals surface area contributed by atoms with Gasteiger partial charge < -0.3 is 10.4 Å². The zero-order chi connectivity index (χ0) is 16.2. The van der Waals surface area contributed by atoms with Crippen LogP contribution in [-0.4, -0.2) is 22.6 Å². The fraction of sp³-hybridized carbons (Fsp3) is 0.111. The molecule has 23 heavy (non-hydrogen) atoms. The average Bonchev–Trinajstić information content (AvgIpc) is 2.55. The van der Waals surface area contributed by atoms with Gasteiger partial charge in [0.25, 0.3) is 0 Å². The van der Waals surface area contributed by atoms with E-state index in [0.717, 1.165) is 31.3 Å². The number of hydrogen-bond donors (Lipinski definition) is 2. The van der Waals surface area contributed by atoms with Gasteiger partial charge in [0.2, 0.25) is 0 Å². The van der Waals surface area contributed by atoms with Crippen LogP contribution in [0.25, 0.3) is 22.0 Å². The van der Waals surface area contributed by atoms with E-state index < -0.39 is 5.97 Å². The number of carboxylic acid groups (broad SMARTS) is 1. The number of rotatable bonds is 5. The van der Waals surface area contributed by atoms with E-state index in [-0.39, 0.29) is 6.54 Å². The maximum Gasteiger partial charge on any atom is 0.317 e. The lowest BCUT2D eigenvalue weighted by molar-refractivity contribution is -0.135. The predicted octanol–water partition coefficient (Wildman–Crippen LogP) is 3.68. The highest BCUT2D eigenvalue weighted by atomic mass is 127. The van der Waals surface area contributed by atoms with Gasteiger partial charge in [-0.15, -0.1) is 0 Å². The topological polar surface area (TPSA) is 62.2 Å². The molecule has 0 saturated carbocycles. The molecule has 1 aromatic heterocycles. The molecule has 2 N–H and O–H groups in total. The number of halogens is 1. The fourth-order valence-corrected chi connectivity index (χ4v) is 2.99. The molecule has 0 atom stereocenters. The minimum Gasteiger partial charge on any atom is -0.480 e. The van der Waals surface area contributed by atoms with E-state index in [1.54, 1.807) is 0 Å². The summed E-state index contributed by atoms with van der Waals surface area (Å²) < 4.78 is 1.16. The van der Waals surface area contributed by atoms with Crippen molar-refractivity contribution in [2.24, 2.45) is 0 Å². The normalized spacial score (nSPS) is 10.8. The largest absolute Gasteiger partial charge is 0.480 e. The van der Waals surface area contributed by atoms with Crippen LogP contribution in [0, 0.1) is 3.57 Å². The van der Waals surface area contributed by atoms with Crippen molar-refractivity contribution in [2.45, 2.75) is 6.54 Å². The molecule has 1 heterocycles. The number of aromatic nitrogens is 1. The standard InChI is InChI=1S/C18H15IN2O2/c19-13-6-7-17-16(8-13)15(12-4-2-1-3-5-12)9-14(21-17)10-20-11-18(22)23/h1-9,20H,10-11H2,(H,22,23). The van der Waals surface area contributed by atoms with Crippen LogP contribution in [-0.2, 0) is 11.3 Å². The Kier molecular flexibility index (Phi) is 4.88. The van der Waals surface area contributed by atoms with Crippen molar-refractivity contribution >= 4 is 39.5 Å². The van der Waals surface area contributed by atoms with Crippen LogP contribution in [0.15, 0.2) is 54.6 Å². The van der Waals surface area contributed by atoms with Gasteiger partial charge in [-0.3, -0.25) is 9.78 Å². The van der Waals surface area contributed by atoms with Gasteiger partial charge in [0, 0.05) is 15.5 Å². The maximum atomic E-state index is 10.6. The molecule has 0 aliphatic rings. The van der Waals surface area contributed by atoms with Crippen LogP contribution in [0.5, 0.6) is 0 Å². The van der Waals surface area contributed by atoms with Gasteiger partial charge in [-0.1, -0.05) is 30.3 Å². The lowest BCUT2D eigenvalue weighted by atomic mass is 10.00. The van der Waals surface area contributed by atoms with E-state index >= 15 is 0 Å². The van der Waals surface area contributed by atoms with Gasteiger partial charge in [-0.2, -0.15) is 0 Å². The molecule has 5 heteroatoms. The third kappa shape index (κ3) is 3.86. The third-order valence-corrected chi connectivity index (χ3v) is 4.16. The Hall–Kier alpha value is -1.99. The Morgan fingerprint density at radius 3 is 2.65 bits per heavy atom. The zero-order valence-electron chi connectivity index (χ0n) is 12.3. The first-order chi connectivity index (χ1) is 11.1. The average molecular weight is 418 g/mol. The second kappa shape index (κ2) is 7.06. The smallest absolute Gasteiger partial charge is 0.317 e. The summed E-state index contributed by atoms with van der Waals surface area (Å²) in [6, 6.07) is 18.3. The van der Waals surface area contributed by atoms with E-state index in [1.807, 2.05) is 36.4 Å². The van der Waals surface area contributed by atoms with Gasteiger partial charge in [-0.25, -0.2) is 0 Å². The third-order valence-electron chi connectivity index (χ3n) is 3.49. The van der Waals surface area contributed by atoms with E-state index in [0.29, 0.717) is 6.54 Å². The van der Waals surface area contributed by atoms with E-state index in [2.05, 4.69) is 51.1 Å². The molecule has 0 aliphatic heterocycles. The molecule has 0 fully saturated rings. The van der Waals surface area contributed by atoms with Crippen molar-refractivity contribution in [3.05, 3.63) is 63.9 Å². The number of nitrogens with one attached hydrogen (secondary N) is 1. The molecule has 3 rings (SSSR count). The Morgan fingerprint density at radius 1 is 1.13 bits per heavy atom. The SMILES string of the molecule is O=C(O)CNCc1cc(-c2ccccc2)c2cc(I)ccc2n1. The van der Waals surface area contributed by atoms with E-state index in [1.165, 1.54) is 0 Å². The number of pyridine rings is 1.